The number of carbonyl (C=O) groups excluding carboxylic acids is 1. The molecule has 2 aliphatic rings. The van der Waals surface area contributed by atoms with Gasteiger partial charge in [-0.25, -0.2) is 0 Å². The molecule has 0 aliphatic carbocycles. The summed E-state index contributed by atoms with van der Waals surface area (Å²) in [6.07, 6.45) is 2.31. The molecule has 2 aliphatic heterocycles. The first kappa shape index (κ1) is 20.5. The Morgan fingerprint density at radius 3 is 2.67 bits per heavy atom. The summed E-state index contributed by atoms with van der Waals surface area (Å²) >= 11 is 5.58. The summed E-state index contributed by atoms with van der Waals surface area (Å²) in [4.78, 5) is 13.7. The van der Waals surface area contributed by atoms with Crippen molar-refractivity contribution >= 4 is 34.6 Å². The lowest BCUT2D eigenvalue weighted by atomic mass is 9.89. The third-order valence-electron chi connectivity index (χ3n) is 5.49. The molecule has 30 heavy (non-hydrogen) atoms. The van der Waals surface area contributed by atoms with E-state index in [-0.39, 0.29) is 17.6 Å². The van der Waals surface area contributed by atoms with Gasteiger partial charge >= 0.3 is 0 Å². The number of amides is 1. The predicted octanol–water partition coefficient (Wildman–Crippen LogP) is 4.41. The molecule has 0 bridgehead atoms. The summed E-state index contributed by atoms with van der Waals surface area (Å²) in [7, 11) is 1.66. The number of nitrogens with zero attached hydrogens (tertiary/aromatic N) is 1. The Labute approximate surface area is 182 Å². The topological polar surface area (TPSA) is 62.8 Å². The van der Waals surface area contributed by atoms with E-state index in [0.717, 1.165) is 47.8 Å². The molecular formula is C23H27N3O3S. The molecule has 7 heteroatoms. The number of hydrogen-bond acceptors (Lipinski definition) is 4. The monoisotopic (exact) mass is 425 g/mol. The van der Waals surface area contributed by atoms with Crippen molar-refractivity contribution in [1.29, 1.82) is 0 Å². The van der Waals surface area contributed by atoms with Crippen molar-refractivity contribution in [2.75, 3.05) is 23.9 Å². The molecule has 1 amide bonds. The molecule has 158 valence electrons. The second-order valence-corrected chi connectivity index (χ2v) is 8.72. The third-order valence-corrected chi connectivity index (χ3v) is 5.71. The average Bonchev–Trinajstić information content (AvgIpc) is 3.13. The van der Waals surface area contributed by atoms with Crippen LogP contribution in [0.2, 0.25) is 0 Å². The molecule has 2 N–H and O–H groups in total. The van der Waals surface area contributed by atoms with Crippen LogP contribution in [0.4, 0.5) is 11.4 Å². The molecule has 4 rings (SSSR count). The quantitative estimate of drug-likeness (QED) is 0.708. The number of nitrogens with one attached hydrogen (secondary N) is 2. The van der Waals surface area contributed by atoms with Crippen LogP contribution in [-0.2, 0) is 4.79 Å². The fraction of sp³-hybridized carbons (Fsp3) is 0.391. The molecule has 2 aromatic rings. The van der Waals surface area contributed by atoms with E-state index in [0.29, 0.717) is 11.5 Å². The number of benzene rings is 2. The van der Waals surface area contributed by atoms with Crippen LogP contribution in [0.25, 0.3) is 0 Å². The van der Waals surface area contributed by atoms with E-state index in [1.807, 2.05) is 47.4 Å². The van der Waals surface area contributed by atoms with Crippen molar-refractivity contribution in [2.24, 2.45) is 0 Å². The zero-order valence-electron chi connectivity index (χ0n) is 17.5. The number of carbonyl (C=O) groups is 1. The molecule has 2 heterocycles. The standard InChI is InChI=1S/C23H27N3O3S/c1-23(2)14-19(18-13-17(28-3)10-11-20(18)29-23)25-22(30)24-15-6-8-16(9-7-15)26-12-4-5-21(26)27/h6-11,13,19H,4-5,12,14H2,1-3H3,(H2,24,25,30). The lowest BCUT2D eigenvalue weighted by Gasteiger charge is -2.38. The minimum Gasteiger partial charge on any atom is -0.497 e. The van der Waals surface area contributed by atoms with Crippen LogP contribution in [0, 0.1) is 0 Å². The number of methoxy groups -OCH3 is 1. The normalized spacial score (nSPS) is 19.6. The van der Waals surface area contributed by atoms with Gasteiger partial charge < -0.3 is 25.0 Å². The Bertz CT molecular complexity index is 959. The molecule has 0 aromatic heterocycles. The molecule has 6 nitrogen and oxygen atoms in total. The molecule has 2 aromatic carbocycles. The lowest BCUT2D eigenvalue weighted by molar-refractivity contribution is -0.117. The SMILES string of the molecule is COc1ccc2c(c1)C(NC(=S)Nc1ccc(N3CCCC3=O)cc1)CC(C)(C)O2. The van der Waals surface area contributed by atoms with Crippen LogP contribution in [-0.4, -0.2) is 30.3 Å². The van der Waals surface area contributed by atoms with Gasteiger partial charge in [0.1, 0.15) is 17.1 Å². The van der Waals surface area contributed by atoms with Gasteiger partial charge in [0.05, 0.1) is 13.2 Å². The van der Waals surface area contributed by atoms with Gasteiger partial charge in [-0.05, 0) is 75.0 Å². The number of rotatable bonds is 4. The fourth-order valence-electron chi connectivity index (χ4n) is 4.06. The van der Waals surface area contributed by atoms with Crippen molar-refractivity contribution < 1.29 is 14.3 Å². The number of thiocarbonyl (C=S) groups is 1. The summed E-state index contributed by atoms with van der Waals surface area (Å²) in [5.41, 5.74) is 2.52. The number of fused-ring (bicyclic) bond motifs is 1. The van der Waals surface area contributed by atoms with E-state index in [1.165, 1.54) is 0 Å². The maximum atomic E-state index is 11.9. The van der Waals surface area contributed by atoms with Crippen LogP contribution in [0.3, 0.4) is 0 Å². The van der Waals surface area contributed by atoms with Gasteiger partial charge in [0, 0.05) is 36.3 Å². The molecule has 1 fully saturated rings. The minimum atomic E-state index is -0.307. The summed E-state index contributed by atoms with van der Waals surface area (Å²) < 4.78 is 11.5. The highest BCUT2D eigenvalue weighted by Crippen LogP contribution is 2.41. The summed E-state index contributed by atoms with van der Waals surface area (Å²) in [5, 5.41) is 7.22. The van der Waals surface area contributed by atoms with Crippen LogP contribution >= 0.6 is 12.2 Å². The zero-order chi connectivity index (χ0) is 21.3. The van der Waals surface area contributed by atoms with Crippen molar-refractivity contribution in [3.05, 3.63) is 48.0 Å². The molecule has 0 radical (unpaired) electrons. The number of anilines is 2. The highest BCUT2D eigenvalue weighted by molar-refractivity contribution is 7.80. The smallest absolute Gasteiger partial charge is 0.227 e. The number of hydrogen-bond donors (Lipinski definition) is 2. The van der Waals surface area contributed by atoms with E-state index in [2.05, 4.69) is 24.5 Å². The van der Waals surface area contributed by atoms with E-state index in [9.17, 15) is 4.79 Å². The van der Waals surface area contributed by atoms with Crippen LogP contribution in [0.15, 0.2) is 42.5 Å². The fourth-order valence-corrected chi connectivity index (χ4v) is 4.32. The van der Waals surface area contributed by atoms with Crippen molar-refractivity contribution in [1.82, 2.24) is 5.32 Å². The van der Waals surface area contributed by atoms with Gasteiger partial charge in [0.2, 0.25) is 5.91 Å². The third kappa shape index (κ3) is 4.36. The van der Waals surface area contributed by atoms with E-state index in [1.54, 1.807) is 7.11 Å². The molecular weight excluding hydrogens is 398 g/mol. The second kappa shape index (κ2) is 8.14. The van der Waals surface area contributed by atoms with E-state index < -0.39 is 0 Å². The van der Waals surface area contributed by atoms with Gasteiger partial charge in [-0.2, -0.15) is 0 Å². The van der Waals surface area contributed by atoms with Crippen molar-refractivity contribution in [3.8, 4) is 11.5 Å². The van der Waals surface area contributed by atoms with Gasteiger partial charge in [-0.1, -0.05) is 0 Å². The Morgan fingerprint density at radius 1 is 1.23 bits per heavy atom. The second-order valence-electron chi connectivity index (χ2n) is 8.32. The largest absolute Gasteiger partial charge is 0.497 e. The summed E-state index contributed by atoms with van der Waals surface area (Å²) in [6, 6.07) is 13.6. The Balaban J connectivity index is 1.45. The zero-order valence-corrected chi connectivity index (χ0v) is 18.3. The Kier molecular flexibility index (Phi) is 5.56. The highest BCUT2D eigenvalue weighted by Gasteiger charge is 2.34. The number of ether oxygens (including phenoxy) is 2. The first-order valence-electron chi connectivity index (χ1n) is 10.2. The van der Waals surface area contributed by atoms with Crippen LogP contribution < -0.4 is 25.0 Å². The predicted molar refractivity (Wildman–Crippen MR) is 122 cm³/mol. The van der Waals surface area contributed by atoms with Crippen LogP contribution in [0.1, 0.15) is 44.7 Å². The van der Waals surface area contributed by atoms with Gasteiger partial charge in [0.15, 0.2) is 5.11 Å². The van der Waals surface area contributed by atoms with Gasteiger partial charge in [-0.15, -0.1) is 0 Å². The minimum absolute atomic E-state index is 0.000319. The van der Waals surface area contributed by atoms with E-state index >= 15 is 0 Å². The molecule has 1 saturated heterocycles. The van der Waals surface area contributed by atoms with Crippen molar-refractivity contribution in [3.63, 3.8) is 0 Å². The highest BCUT2D eigenvalue weighted by atomic mass is 32.1. The maximum absolute atomic E-state index is 11.9. The Morgan fingerprint density at radius 2 is 2.00 bits per heavy atom. The maximum Gasteiger partial charge on any atom is 0.227 e. The molecule has 0 saturated carbocycles. The van der Waals surface area contributed by atoms with Crippen molar-refractivity contribution in [2.45, 2.75) is 44.8 Å². The Hall–Kier alpha value is -2.80. The average molecular weight is 426 g/mol. The van der Waals surface area contributed by atoms with Gasteiger partial charge in [0.25, 0.3) is 0 Å². The van der Waals surface area contributed by atoms with Gasteiger partial charge in [-0.3, -0.25) is 4.79 Å². The molecule has 0 spiro atoms. The molecule has 1 unspecified atom stereocenters. The summed E-state index contributed by atoms with van der Waals surface area (Å²) in [5.74, 6) is 1.81. The summed E-state index contributed by atoms with van der Waals surface area (Å²) in [6.45, 7) is 4.93. The van der Waals surface area contributed by atoms with E-state index in [4.69, 9.17) is 21.7 Å². The lowest BCUT2D eigenvalue weighted by Crippen LogP contribution is -2.42. The first-order chi connectivity index (χ1) is 14.3. The molecule has 1 atom stereocenters. The first-order valence-corrected chi connectivity index (χ1v) is 10.6. The van der Waals surface area contributed by atoms with Crippen LogP contribution in [0.5, 0.6) is 11.5 Å².